The lowest BCUT2D eigenvalue weighted by Gasteiger charge is -2.39. The number of anilines is 1. The van der Waals surface area contributed by atoms with Crippen LogP contribution in [0.3, 0.4) is 0 Å². The maximum absolute atomic E-state index is 13.2. The SMILES string of the molecule is CCC(=O)N1CC(C(=O)N[C@@H](CC)c2cccc(N3CCC(n4cnc(Cc5ccc(F)cc5)n4)CC3)c2)C1. The Hall–Kier alpha value is -3.75. The number of rotatable bonds is 9. The fourth-order valence-electron chi connectivity index (χ4n) is 5.46. The van der Waals surface area contributed by atoms with Crippen LogP contribution in [0, 0.1) is 11.7 Å². The van der Waals surface area contributed by atoms with Crippen molar-refractivity contribution in [3.8, 4) is 0 Å². The molecule has 2 aliphatic rings. The molecule has 0 aliphatic carbocycles. The molecule has 3 aromatic rings. The van der Waals surface area contributed by atoms with Crippen LogP contribution in [0.4, 0.5) is 10.1 Å². The molecule has 2 saturated heterocycles. The summed E-state index contributed by atoms with van der Waals surface area (Å²) in [5, 5.41) is 7.91. The van der Waals surface area contributed by atoms with E-state index in [4.69, 9.17) is 5.10 Å². The molecular weight excluding hydrogens is 495 g/mol. The Balaban J connectivity index is 1.15. The van der Waals surface area contributed by atoms with Crippen molar-refractivity contribution in [1.29, 1.82) is 0 Å². The molecule has 0 saturated carbocycles. The van der Waals surface area contributed by atoms with Gasteiger partial charge in [-0.25, -0.2) is 14.1 Å². The summed E-state index contributed by atoms with van der Waals surface area (Å²) < 4.78 is 15.2. The van der Waals surface area contributed by atoms with E-state index in [1.165, 1.54) is 12.1 Å². The zero-order valence-electron chi connectivity index (χ0n) is 22.7. The maximum Gasteiger partial charge on any atom is 0.227 e. The van der Waals surface area contributed by atoms with Gasteiger partial charge in [0.05, 0.1) is 18.0 Å². The Bertz CT molecular complexity index is 1280. The fraction of sp³-hybridized carbons (Fsp3) is 0.467. The Morgan fingerprint density at radius 3 is 2.51 bits per heavy atom. The lowest BCUT2D eigenvalue weighted by Crippen LogP contribution is -2.55. The minimum atomic E-state index is -0.240. The second kappa shape index (κ2) is 12.0. The number of piperidine rings is 1. The summed E-state index contributed by atoms with van der Waals surface area (Å²) in [6, 6.07) is 15.2. The van der Waals surface area contributed by atoms with Crippen molar-refractivity contribution in [1.82, 2.24) is 25.0 Å². The minimum Gasteiger partial charge on any atom is -0.371 e. The van der Waals surface area contributed by atoms with Crippen molar-refractivity contribution < 1.29 is 14.0 Å². The van der Waals surface area contributed by atoms with Gasteiger partial charge in [-0.05, 0) is 54.7 Å². The maximum atomic E-state index is 13.2. The van der Waals surface area contributed by atoms with Crippen LogP contribution in [0.15, 0.2) is 54.9 Å². The van der Waals surface area contributed by atoms with E-state index in [1.807, 2.05) is 17.9 Å². The molecule has 1 aromatic heterocycles. The van der Waals surface area contributed by atoms with Gasteiger partial charge < -0.3 is 15.1 Å². The van der Waals surface area contributed by atoms with Gasteiger partial charge in [-0.2, -0.15) is 5.10 Å². The Labute approximate surface area is 229 Å². The largest absolute Gasteiger partial charge is 0.371 e. The average molecular weight is 533 g/mol. The van der Waals surface area contributed by atoms with Crippen molar-refractivity contribution in [3.05, 3.63) is 77.6 Å². The molecule has 1 N–H and O–H groups in total. The number of carbonyl (C=O) groups excluding carboxylic acids is 2. The lowest BCUT2D eigenvalue weighted by atomic mass is 9.96. The molecule has 9 heteroatoms. The third-order valence-corrected chi connectivity index (χ3v) is 7.94. The second-order valence-corrected chi connectivity index (χ2v) is 10.6. The van der Waals surface area contributed by atoms with Gasteiger partial charge in [0.1, 0.15) is 12.1 Å². The van der Waals surface area contributed by atoms with Crippen LogP contribution in [-0.2, 0) is 16.0 Å². The summed E-state index contributed by atoms with van der Waals surface area (Å²) in [6.45, 7) is 6.79. The van der Waals surface area contributed by atoms with Crippen LogP contribution in [0.25, 0.3) is 0 Å². The zero-order valence-corrected chi connectivity index (χ0v) is 22.7. The van der Waals surface area contributed by atoms with Crippen molar-refractivity contribution in [3.63, 3.8) is 0 Å². The number of nitrogens with one attached hydrogen (secondary N) is 1. The van der Waals surface area contributed by atoms with E-state index in [0.717, 1.165) is 55.0 Å². The molecule has 2 fully saturated rings. The third kappa shape index (κ3) is 6.29. The second-order valence-electron chi connectivity index (χ2n) is 10.6. The molecule has 1 atom stereocenters. The van der Waals surface area contributed by atoms with Crippen molar-refractivity contribution >= 4 is 17.5 Å². The van der Waals surface area contributed by atoms with E-state index in [-0.39, 0.29) is 29.6 Å². The van der Waals surface area contributed by atoms with Crippen LogP contribution in [0.2, 0.25) is 0 Å². The molecule has 0 radical (unpaired) electrons. The Morgan fingerprint density at radius 2 is 1.82 bits per heavy atom. The van der Waals surface area contributed by atoms with Crippen LogP contribution in [-0.4, -0.2) is 57.7 Å². The molecule has 2 aliphatic heterocycles. The molecule has 2 aromatic carbocycles. The van der Waals surface area contributed by atoms with Crippen molar-refractivity contribution in [2.24, 2.45) is 5.92 Å². The molecule has 8 nitrogen and oxygen atoms in total. The number of nitrogens with zero attached hydrogens (tertiary/aromatic N) is 5. The van der Waals surface area contributed by atoms with Crippen LogP contribution in [0.1, 0.15) is 68.6 Å². The summed E-state index contributed by atoms with van der Waals surface area (Å²) in [7, 11) is 0. The van der Waals surface area contributed by atoms with Gasteiger partial charge in [-0.1, -0.05) is 38.1 Å². The van der Waals surface area contributed by atoms with Crippen LogP contribution in [0.5, 0.6) is 0 Å². The number of halogens is 1. The van der Waals surface area contributed by atoms with Gasteiger partial charge >= 0.3 is 0 Å². The molecule has 0 unspecified atom stereocenters. The molecule has 0 bridgehead atoms. The first-order valence-corrected chi connectivity index (χ1v) is 14.0. The Morgan fingerprint density at radius 1 is 1.08 bits per heavy atom. The number of hydrogen-bond donors (Lipinski definition) is 1. The van der Waals surface area contributed by atoms with E-state index in [2.05, 4.69) is 46.4 Å². The summed E-state index contributed by atoms with van der Waals surface area (Å²) in [6.07, 6.45) is 5.61. The van der Waals surface area contributed by atoms with E-state index >= 15 is 0 Å². The summed E-state index contributed by atoms with van der Waals surface area (Å²) in [4.78, 5) is 33.2. The van der Waals surface area contributed by atoms with E-state index in [1.54, 1.807) is 17.0 Å². The molecular formula is C30H37FN6O2. The van der Waals surface area contributed by atoms with Gasteiger partial charge in [-0.15, -0.1) is 0 Å². The molecule has 39 heavy (non-hydrogen) atoms. The Kier molecular flexibility index (Phi) is 8.24. The predicted molar refractivity (Wildman–Crippen MR) is 148 cm³/mol. The standard InChI is InChI=1S/C30H37FN6O2/c1-3-27(33-30(39)23-18-36(19-23)29(38)4-2)22-6-5-7-26(17-22)35-14-12-25(13-15-35)37-20-32-28(34-37)16-21-8-10-24(31)11-9-21/h5-11,17,20,23,25,27H,3-4,12-16,18-19H2,1-2H3,(H,33,39)/t27-/m0/s1. The first-order chi connectivity index (χ1) is 18.9. The van der Waals surface area contributed by atoms with Gasteiger partial charge in [-0.3, -0.25) is 9.59 Å². The van der Waals surface area contributed by atoms with E-state index < -0.39 is 0 Å². The lowest BCUT2D eigenvalue weighted by molar-refractivity contribution is -0.143. The highest BCUT2D eigenvalue weighted by atomic mass is 19.1. The summed E-state index contributed by atoms with van der Waals surface area (Å²) in [5.41, 5.74) is 3.26. The topological polar surface area (TPSA) is 83.4 Å². The number of carbonyl (C=O) groups is 2. The normalized spacial score (nSPS) is 17.1. The van der Waals surface area contributed by atoms with Crippen molar-refractivity contribution in [2.75, 3.05) is 31.1 Å². The smallest absolute Gasteiger partial charge is 0.227 e. The zero-order chi connectivity index (χ0) is 27.4. The number of aromatic nitrogens is 3. The number of hydrogen-bond acceptors (Lipinski definition) is 5. The number of likely N-dealkylation sites (tertiary alicyclic amines) is 1. The minimum absolute atomic E-state index is 0.0276. The predicted octanol–water partition coefficient (Wildman–Crippen LogP) is 4.29. The molecule has 5 rings (SSSR count). The van der Waals surface area contributed by atoms with Crippen LogP contribution >= 0.6 is 0 Å². The summed E-state index contributed by atoms with van der Waals surface area (Å²) in [5.74, 6) is 0.521. The number of benzene rings is 2. The quantitative estimate of drug-likeness (QED) is 0.445. The highest BCUT2D eigenvalue weighted by Gasteiger charge is 2.35. The van der Waals surface area contributed by atoms with E-state index in [0.29, 0.717) is 32.0 Å². The fourth-order valence-corrected chi connectivity index (χ4v) is 5.46. The molecule has 3 heterocycles. The average Bonchev–Trinajstić information content (AvgIpc) is 3.40. The van der Waals surface area contributed by atoms with Crippen LogP contribution < -0.4 is 10.2 Å². The monoisotopic (exact) mass is 532 g/mol. The van der Waals surface area contributed by atoms with Crippen molar-refractivity contribution in [2.45, 2.75) is 58.0 Å². The van der Waals surface area contributed by atoms with Gasteiger partial charge in [0.15, 0.2) is 5.82 Å². The number of amides is 2. The third-order valence-electron chi connectivity index (χ3n) is 7.94. The van der Waals surface area contributed by atoms with E-state index in [9.17, 15) is 14.0 Å². The molecule has 2 amide bonds. The highest BCUT2D eigenvalue weighted by molar-refractivity contribution is 5.84. The first kappa shape index (κ1) is 26.8. The first-order valence-electron chi connectivity index (χ1n) is 14.0. The highest BCUT2D eigenvalue weighted by Crippen LogP contribution is 2.29. The van der Waals surface area contributed by atoms with Gasteiger partial charge in [0.25, 0.3) is 0 Å². The summed E-state index contributed by atoms with van der Waals surface area (Å²) >= 11 is 0. The van der Waals surface area contributed by atoms with Gasteiger partial charge in [0, 0.05) is 44.7 Å². The molecule has 0 spiro atoms. The molecule has 206 valence electrons. The van der Waals surface area contributed by atoms with Gasteiger partial charge in [0.2, 0.25) is 11.8 Å².